The fourth-order valence-corrected chi connectivity index (χ4v) is 4.09. The van der Waals surface area contributed by atoms with E-state index in [4.69, 9.17) is 6.42 Å². The van der Waals surface area contributed by atoms with Crippen LogP contribution in [0, 0.1) is 24.2 Å². The minimum atomic E-state index is -1.05. The van der Waals surface area contributed by atoms with Gasteiger partial charge in [-0.25, -0.2) is 4.79 Å². The van der Waals surface area contributed by atoms with Gasteiger partial charge in [0, 0.05) is 25.7 Å². The highest BCUT2D eigenvalue weighted by Gasteiger charge is 2.56. The molecule has 0 aromatic heterocycles. The quantitative estimate of drug-likeness (QED) is 0.706. The summed E-state index contributed by atoms with van der Waals surface area (Å²) >= 11 is 0. The second-order valence-corrected chi connectivity index (χ2v) is 6.79. The second kappa shape index (κ2) is 5.38. The van der Waals surface area contributed by atoms with Gasteiger partial charge in [-0.1, -0.05) is 0 Å². The van der Waals surface area contributed by atoms with E-state index in [0.29, 0.717) is 31.6 Å². The Balaban J connectivity index is 1.55. The van der Waals surface area contributed by atoms with Crippen molar-refractivity contribution in [3.8, 4) is 12.3 Å². The maximum atomic E-state index is 12.2. The number of hydrogen-bond acceptors (Lipinski definition) is 4. The third-order valence-electron chi connectivity index (χ3n) is 5.40. The number of carboxylic acid groups (broad SMARTS) is 1. The Morgan fingerprint density at radius 3 is 2.59 bits per heavy atom. The van der Waals surface area contributed by atoms with Gasteiger partial charge in [-0.2, -0.15) is 10.2 Å². The van der Waals surface area contributed by atoms with E-state index in [1.165, 1.54) is 0 Å². The number of nitrogens with zero attached hydrogens (tertiary/aromatic N) is 2. The van der Waals surface area contributed by atoms with Crippen LogP contribution in [0.2, 0.25) is 0 Å². The maximum Gasteiger partial charge on any atom is 0.329 e. The van der Waals surface area contributed by atoms with Crippen molar-refractivity contribution in [2.24, 2.45) is 22.1 Å². The van der Waals surface area contributed by atoms with Gasteiger partial charge in [-0.15, -0.1) is 12.3 Å². The normalized spacial score (nSPS) is 33.4. The van der Waals surface area contributed by atoms with Crippen LogP contribution in [0.3, 0.4) is 0 Å². The van der Waals surface area contributed by atoms with E-state index in [0.717, 1.165) is 19.3 Å². The summed E-state index contributed by atoms with van der Waals surface area (Å²) in [6.45, 7) is 0. The Hall–Kier alpha value is -1.90. The molecule has 0 unspecified atom stereocenters. The van der Waals surface area contributed by atoms with Gasteiger partial charge in [0.15, 0.2) is 5.66 Å². The summed E-state index contributed by atoms with van der Waals surface area (Å²) in [4.78, 5) is 24.0. The van der Waals surface area contributed by atoms with Crippen molar-refractivity contribution >= 4 is 11.9 Å². The summed E-state index contributed by atoms with van der Waals surface area (Å²) < 4.78 is 0. The van der Waals surface area contributed by atoms with Gasteiger partial charge >= 0.3 is 5.97 Å². The molecular formula is C16H21N3O3. The van der Waals surface area contributed by atoms with Crippen LogP contribution in [-0.2, 0) is 9.59 Å². The van der Waals surface area contributed by atoms with Crippen LogP contribution < -0.4 is 5.32 Å². The molecule has 118 valence electrons. The number of carbonyl (C=O) groups excluding carboxylic acids is 1. The number of aliphatic carboxylic acids is 1. The molecule has 3 atom stereocenters. The molecule has 2 saturated carbocycles. The van der Waals surface area contributed by atoms with E-state index in [1.54, 1.807) is 0 Å². The van der Waals surface area contributed by atoms with Crippen molar-refractivity contribution in [2.75, 3.05) is 0 Å². The van der Waals surface area contributed by atoms with E-state index in [1.807, 2.05) is 0 Å². The Morgan fingerprint density at radius 2 is 2.09 bits per heavy atom. The summed E-state index contributed by atoms with van der Waals surface area (Å²) in [6, 6.07) is 0. The van der Waals surface area contributed by atoms with Gasteiger partial charge < -0.3 is 10.4 Å². The number of nitrogens with one attached hydrogen (secondary N) is 1. The lowest BCUT2D eigenvalue weighted by molar-refractivity contribution is -0.150. The first-order valence-electron chi connectivity index (χ1n) is 7.92. The fourth-order valence-electron chi connectivity index (χ4n) is 4.09. The van der Waals surface area contributed by atoms with Crippen molar-refractivity contribution in [1.29, 1.82) is 0 Å². The lowest BCUT2D eigenvalue weighted by atomic mass is 9.80. The van der Waals surface area contributed by atoms with Crippen LogP contribution in [0.25, 0.3) is 0 Å². The molecule has 6 nitrogen and oxygen atoms in total. The number of rotatable bonds is 7. The smallest absolute Gasteiger partial charge is 0.329 e. The Bertz CT molecular complexity index is 559. The minimum absolute atomic E-state index is 0.0738. The zero-order valence-electron chi connectivity index (χ0n) is 12.5. The Kier molecular flexibility index (Phi) is 3.67. The number of amides is 1. The molecule has 3 aliphatic rings. The van der Waals surface area contributed by atoms with E-state index in [2.05, 4.69) is 21.5 Å². The third kappa shape index (κ3) is 2.60. The maximum absolute atomic E-state index is 12.2. The average Bonchev–Trinajstić information content (AvgIpc) is 2.97. The van der Waals surface area contributed by atoms with Crippen LogP contribution >= 0.6 is 0 Å². The Morgan fingerprint density at radius 1 is 1.32 bits per heavy atom. The van der Waals surface area contributed by atoms with Gasteiger partial charge in [0.05, 0.1) is 0 Å². The number of fused-ring (bicyclic) bond motifs is 2. The molecule has 0 aromatic rings. The molecule has 6 heteroatoms. The average molecular weight is 303 g/mol. The van der Waals surface area contributed by atoms with Crippen LogP contribution in [0.5, 0.6) is 0 Å². The van der Waals surface area contributed by atoms with Gasteiger partial charge in [-0.3, -0.25) is 4.79 Å². The molecule has 2 N–H and O–H groups in total. The summed E-state index contributed by atoms with van der Waals surface area (Å²) in [7, 11) is 0. The zero-order chi connectivity index (χ0) is 15.8. The molecule has 1 amide bonds. The van der Waals surface area contributed by atoms with E-state index >= 15 is 0 Å². The monoisotopic (exact) mass is 303 g/mol. The molecule has 0 saturated heterocycles. The summed E-state index contributed by atoms with van der Waals surface area (Å²) in [5.41, 5.74) is -1.54. The highest BCUT2D eigenvalue weighted by Crippen LogP contribution is 2.51. The summed E-state index contributed by atoms with van der Waals surface area (Å²) in [5.74, 6) is 1.96. The van der Waals surface area contributed by atoms with Crippen LogP contribution in [0.4, 0.5) is 0 Å². The lowest BCUT2D eigenvalue weighted by Crippen LogP contribution is -2.58. The summed E-state index contributed by atoms with van der Waals surface area (Å²) in [6.07, 6.45) is 10.7. The van der Waals surface area contributed by atoms with Crippen molar-refractivity contribution < 1.29 is 14.7 Å². The van der Waals surface area contributed by atoms with Gasteiger partial charge in [0.2, 0.25) is 5.91 Å². The number of carboxylic acids is 1. The lowest BCUT2D eigenvalue weighted by Gasteiger charge is -2.34. The van der Waals surface area contributed by atoms with Crippen molar-refractivity contribution in [1.82, 2.24) is 5.32 Å². The van der Waals surface area contributed by atoms with Crippen LogP contribution in [0.1, 0.15) is 51.4 Å². The summed E-state index contributed by atoms with van der Waals surface area (Å²) in [5, 5.41) is 20.4. The van der Waals surface area contributed by atoms with Crippen LogP contribution in [-0.4, -0.2) is 28.2 Å². The molecule has 0 radical (unpaired) electrons. The highest BCUT2D eigenvalue weighted by atomic mass is 16.4. The number of hydrogen-bond donors (Lipinski definition) is 2. The molecule has 2 fully saturated rings. The van der Waals surface area contributed by atoms with Crippen LogP contribution in [0.15, 0.2) is 10.2 Å². The molecule has 2 bridgehead atoms. The zero-order valence-corrected chi connectivity index (χ0v) is 12.5. The Labute approximate surface area is 129 Å². The van der Waals surface area contributed by atoms with E-state index in [9.17, 15) is 14.7 Å². The van der Waals surface area contributed by atoms with Gasteiger partial charge in [0.25, 0.3) is 0 Å². The molecule has 1 aliphatic heterocycles. The molecule has 1 heterocycles. The topological polar surface area (TPSA) is 91.1 Å². The third-order valence-corrected chi connectivity index (χ3v) is 5.40. The van der Waals surface area contributed by atoms with Crippen molar-refractivity contribution in [2.45, 2.75) is 62.6 Å². The predicted octanol–water partition coefficient (Wildman–Crippen LogP) is 2.10. The van der Waals surface area contributed by atoms with E-state index < -0.39 is 17.2 Å². The first kappa shape index (κ1) is 15.0. The molecular weight excluding hydrogens is 282 g/mol. The first-order valence-corrected chi connectivity index (χ1v) is 7.92. The molecule has 3 rings (SSSR count). The first-order chi connectivity index (χ1) is 10.5. The van der Waals surface area contributed by atoms with Crippen molar-refractivity contribution in [3.05, 3.63) is 0 Å². The second-order valence-electron chi connectivity index (χ2n) is 6.79. The number of carbonyl (C=O) groups is 2. The largest absolute Gasteiger partial charge is 0.479 e. The number of terminal acetylenes is 1. The SMILES string of the molecule is C#CCCC1(CCC(=O)N[C@@]2(C(=O)O)C[C@H]3CC[C@@H]2C3)N=N1. The standard InChI is InChI=1S/C16H21N3O3/c1-2-3-7-15(18-19-15)8-6-13(20)17-16(14(21)22)10-11-4-5-12(16)9-11/h1,11-12H,3-10H2,(H,17,20)(H,21,22)/t11-,12+,16-/m0/s1. The molecule has 0 aromatic carbocycles. The van der Waals surface area contributed by atoms with E-state index in [-0.39, 0.29) is 18.2 Å². The van der Waals surface area contributed by atoms with Gasteiger partial charge in [-0.05, 0) is 37.5 Å². The van der Waals surface area contributed by atoms with Crippen molar-refractivity contribution in [3.63, 3.8) is 0 Å². The minimum Gasteiger partial charge on any atom is -0.479 e. The fraction of sp³-hybridized carbons (Fsp3) is 0.750. The molecule has 22 heavy (non-hydrogen) atoms. The highest BCUT2D eigenvalue weighted by molar-refractivity contribution is 5.88. The predicted molar refractivity (Wildman–Crippen MR) is 78.8 cm³/mol. The molecule has 0 spiro atoms. The van der Waals surface area contributed by atoms with Gasteiger partial charge in [0.1, 0.15) is 5.54 Å². The molecule has 2 aliphatic carbocycles.